The lowest BCUT2D eigenvalue weighted by atomic mass is 9.77. The van der Waals surface area contributed by atoms with Crippen molar-refractivity contribution in [2.24, 2.45) is 5.92 Å². The SMILES string of the molecule is CC[C@H]1CC[C@H](c2ccc(-c3cc(F)c(C)c(F)c3F)c(F)c2)CC1. The minimum Gasteiger partial charge on any atom is -0.207 e. The highest BCUT2D eigenvalue weighted by molar-refractivity contribution is 5.66. The molecule has 0 aromatic heterocycles. The molecule has 0 saturated heterocycles. The van der Waals surface area contributed by atoms with Crippen molar-refractivity contribution in [3.63, 3.8) is 0 Å². The van der Waals surface area contributed by atoms with Crippen LogP contribution in [0.5, 0.6) is 0 Å². The molecule has 0 bridgehead atoms. The highest BCUT2D eigenvalue weighted by Crippen LogP contribution is 2.38. The summed E-state index contributed by atoms with van der Waals surface area (Å²) in [5, 5.41) is 0. The lowest BCUT2D eigenvalue weighted by molar-refractivity contribution is 0.318. The molecule has 0 spiro atoms. The minimum atomic E-state index is -1.27. The Balaban J connectivity index is 1.91. The molecule has 0 heterocycles. The molecule has 0 atom stereocenters. The van der Waals surface area contributed by atoms with E-state index in [-0.39, 0.29) is 11.1 Å². The van der Waals surface area contributed by atoms with E-state index in [1.165, 1.54) is 18.6 Å². The normalized spacial score (nSPS) is 20.7. The second-order valence-corrected chi connectivity index (χ2v) is 7.02. The van der Waals surface area contributed by atoms with Gasteiger partial charge in [0.1, 0.15) is 11.6 Å². The van der Waals surface area contributed by atoms with E-state index in [0.29, 0.717) is 5.92 Å². The van der Waals surface area contributed by atoms with Gasteiger partial charge in [-0.3, -0.25) is 0 Å². The summed E-state index contributed by atoms with van der Waals surface area (Å²) in [6, 6.07) is 5.44. The molecule has 0 unspecified atom stereocenters. The molecule has 0 radical (unpaired) electrons. The van der Waals surface area contributed by atoms with Gasteiger partial charge in [-0.2, -0.15) is 0 Å². The maximum absolute atomic E-state index is 14.6. The standard InChI is InChI=1S/C21H22F4/c1-3-13-4-6-14(7-5-13)15-8-9-16(19(23)10-15)17-11-18(22)12(2)20(24)21(17)25/h8-11,13-14H,3-7H2,1-2H3/t13-,14-. The predicted octanol–water partition coefficient (Wildman–Crippen LogP) is 6.90. The summed E-state index contributed by atoms with van der Waals surface area (Å²) >= 11 is 0. The van der Waals surface area contributed by atoms with Crippen LogP contribution in [0.4, 0.5) is 17.6 Å². The van der Waals surface area contributed by atoms with E-state index in [1.54, 1.807) is 6.07 Å². The van der Waals surface area contributed by atoms with Crippen LogP contribution in [0.1, 0.15) is 56.1 Å². The average Bonchev–Trinajstić information content (AvgIpc) is 2.63. The van der Waals surface area contributed by atoms with Crippen LogP contribution in [0, 0.1) is 36.1 Å². The van der Waals surface area contributed by atoms with Crippen LogP contribution in [-0.2, 0) is 0 Å². The van der Waals surface area contributed by atoms with Crippen LogP contribution in [0.2, 0.25) is 0 Å². The third-order valence-corrected chi connectivity index (χ3v) is 5.57. The van der Waals surface area contributed by atoms with Crippen LogP contribution in [-0.4, -0.2) is 0 Å². The molecule has 0 aliphatic heterocycles. The van der Waals surface area contributed by atoms with Gasteiger partial charge in [0.05, 0.1) is 0 Å². The Hall–Kier alpha value is -1.84. The molecule has 0 N–H and O–H groups in total. The van der Waals surface area contributed by atoms with Gasteiger partial charge in [0.25, 0.3) is 0 Å². The third-order valence-electron chi connectivity index (χ3n) is 5.57. The van der Waals surface area contributed by atoms with E-state index in [1.807, 2.05) is 0 Å². The van der Waals surface area contributed by atoms with Gasteiger partial charge in [-0.05, 0) is 62.1 Å². The first-order chi connectivity index (χ1) is 11.9. The van der Waals surface area contributed by atoms with Crippen molar-refractivity contribution in [1.82, 2.24) is 0 Å². The Morgan fingerprint density at radius 3 is 2.12 bits per heavy atom. The molecule has 2 aromatic carbocycles. The summed E-state index contributed by atoms with van der Waals surface area (Å²) in [7, 11) is 0. The number of hydrogen-bond donors (Lipinski definition) is 0. The fourth-order valence-electron chi connectivity index (χ4n) is 3.79. The van der Waals surface area contributed by atoms with Crippen LogP contribution in [0.3, 0.4) is 0 Å². The molecular weight excluding hydrogens is 328 g/mol. The number of rotatable bonds is 3. The van der Waals surface area contributed by atoms with Crippen molar-refractivity contribution in [1.29, 1.82) is 0 Å². The van der Waals surface area contributed by atoms with Crippen LogP contribution >= 0.6 is 0 Å². The first-order valence-corrected chi connectivity index (χ1v) is 8.86. The van der Waals surface area contributed by atoms with Crippen molar-refractivity contribution in [3.8, 4) is 11.1 Å². The van der Waals surface area contributed by atoms with E-state index < -0.39 is 28.8 Å². The van der Waals surface area contributed by atoms with Gasteiger partial charge in [0, 0.05) is 16.7 Å². The lowest BCUT2D eigenvalue weighted by Crippen LogP contribution is -2.12. The number of benzene rings is 2. The van der Waals surface area contributed by atoms with E-state index in [4.69, 9.17) is 0 Å². The summed E-state index contributed by atoms with van der Waals surface area (Å²) < 4.78 is 56.2. The van der Waals surface area contributed by atoms with E-state index in [0.717, 1.165) is 50.2 Å². The molecule has 1 aliphatic rings. The summed E-state index contributed by atoms with van der Waals surface area (Å²) in [6.07, 6.45) is 5.46. The van der Waals surface area contributed by atoms with Crippen LogP contribution in [0.25, 0.3) is 11.1 Å². The van der Waals surface area contributed by atoms with Crippen LogP contribution in [0.15, 0.2) is 24.3 Å². The Morgan fingerprint density at radius 2 is 1.52 bits per heavy atom. The zero-order valence-electron chi connectivity index (χ0n) is 14.5. The molecule has 25 heavy (non-hydrogen) atoms. The van der Waals surface area contributed by atoms with E-state index >= 15 is 0 Å². The largest absolute Gasteiger partial charge is 0.207 e. The van der Waals surface area contributed by atoms with Gasteiger partial charge < -0.3 is 0 Å². The predicted molar refractivity (Wildman–Crippen MR) is 91.4 cm³/mol. The first-order valence-electron chi connectivity index (χ1n) is 8.86. The van der Waals surface area contributed by atoms with E-state index in [9.17, 15) is 17.6 Å². The molecule has 0 amide bonds. The van der Waals surface area contributed by atoms with Gasteiger partial charge in [0.15, 0.2) is 11.6 Å². The van der Waals surface area contributed by atoms with Gasteiger partial charge in [-0.25, -0.2) is 17.6 Å². The topological polar surface area (TPSA) is 0 Å². The summed E-state index contributed by atoms with van der Waals surface area (Å²) in [5.74, 6) is -2.96. The monoisotopic (exact) mass is 350 g/mol. The Kier molecular flexibility index (Phi) is 5.16. The fourth-order valence-corrected chi connectivity index (χ4v) is 3.79. The Morgan fingerprint density at radius 1 is 0.840 bits per heavy atom. The third kappa shape index (κ3) is 3.44. The van der Waals surface area contributed by atoms with Crippen molar-refractivity contribution in [2.45, 2.75) is 51.9 Å². The maximum Gasteiger partial charge on any atom is 0.167 e. The molecule has 134 valence electrons. The molecule has 1 fully saturated rings. The smallest absolute Gasteiger partial charge is 0.167 e. The highest BCUT2D eigenvalue weighted by atomic mass is 19.2. The maximum atomic E-state index is 14.6. The second kappa shape index (κ2) is 7.19. The molecule has 1 saturated carbocycles. The lowest BCUT2D eigenvalue weighted by Gasteiger charge is -2.28. The number of hydrogen-bond acceptors (Lipinski definition) is 0. The number of halogens is 4. The zero-order chi connectivity index (χ0) is 18.1. The van der Waals surface area contributed by atoms with E-state index in [2.05, 4.69) is 6.92 Å². The average molecular weight is 350 g/mol. The van der Waals surface area contributed by atoms with Crippen molar-refractivity contribution >= 4 is 0 Å². The minimum absolute atomic E-state index is 0.110. The van der Waals surface area contributed by atoms with Crippen molar-refractivity contribution < 1.29 is 17.6 Å². The molecule has 0 nitrogen and oxygen atoms in total. The second-order valence-electron chi connectivity index (χ2n) is 7.02. The zero-order valence-corrected chi connectivity index (χ0v) is 14.5. The Labute approximate surface area is 145 Å². The quantitative estimate of drug-likeness (QED) is 0.417. The highest BCUT2D eigenvalue weighted by Gasteiger charge is 2.23. The Bertz CT molecular complexity index is 774. The van der Waals surface area contributed by atoms with Gasteiger partial charge in [-0.15, -0.1) is 0 Å². The summed E-state index contributed by atoms with van der Waals surface area (Å²) in [4.78, 5) is 0. The van der Waals surface area contributed by atoms with Crippen molar-refractivity contribution in [2.75, 3.05) is 0 Å². The first kappa shape index (κ1) is 18.0. The molecular formula is C21H22F4. The van der Waals surface area contributed by atoms with Crippen molar-refractivity contribution in [3.05, 3.63) is 58.7 Å². The van der Waals surface area contributed by atoms with Gasteiger partial charge in [0.2, 0.25) is 0 Å². The molecule has 3 rings (SSSR count). The molecule has 4 heteroatoms. The van der Waals surface area contributed by atoms with Gasteiger partial charge >= 0.3 is 0 Å². The van der Waals surface area contributed by atoms with Crippen LogP contribution < -0.4 is 0 Å². The summed E-state index contributed by atoms with van der Waals surface area (Å²) in [6.45, 7) is 3.34. The fraction of sp³-hybridized carbons (Fsp3) is 0.429. The molecule has 2 aromatic rings. The summed E-state index contributed by atoms with van der Waals surface area (Å²) in [5.41, 5.74) is -0.00383. The molecule has 1 aliphatic carbocycles. The van der Waals surface area contributed by atoms with Gasteiger partial charge in [-0.1, -0.05) is 25.5 Å².